The molecule has 0 N–H and O–H groups in total. The quantitative estimate of drug-likeness (QED) is 0.334. The molecule has 2 heteroatoms. The van der Waals surface area contributed by atoms with Crippen LogP contribution in [0.3, 0.4) is 0 Å². The van der Waals surface area contributed by atoms with Gasteiger partial charge in [-0.3, -0.25) is 6.08 Å². The molecule has 2 aliphatic carbocycles. The average Bonchev–Trinajstić information content (AvgIpc) is 2.80. The van der Waals surface area contributed by atoms with E-state index in [1.165, 1.54) is 0 Å². The second-order valence-electron chi connectivity index (χ2n) is 4.45. The Labute approximate surface area is 121 Å². The zero-order chi connectivity index (χ0) is 10.4. The van der Waals surface area contributed by atoms with Crippen LogP contribution in [-0.2, 0) is 25.8 Å². The Morgan fingerprint density at radius 1 is 1.20 bits per heavy atom. The van der Waals surface area contributed by atoms with E-state index in [0.717, 1.165) is 12.8 Å². The standard InChI is InChI=1S/C5H5.C5H4.3CH3.Hf.Pb.2H/c2*1-2-4-5-3-1;;;;;;;/h1-3H,4H2;1-2H,3H2;3*1H3;;;;/q2*-1;;;;;;2*-1. The summed E-state index contributed by atoms with van der Waals surface area (Å²) in [6, 6.07) is 0. The van der Waals surface area contributed by atoms with Crippen molar-refractivity contribution in [2.45, 2.75) is 26.3 Å². The largest absolute Gasteiger partial charge is 1.00 e. The average molecular weight is 562 g/mol. The number of allylic oxidation sites excluding steroid dienone is 8. The van der Waals surface area contributed by atoms with Gasteiger partial charge in [-0.25, -0.2) is 12.2 Å². The molecule has 0 aliphatic heterocycles. The van der Waals surface area contributed by atoms with Crippen molar-refractivity contribution in [2.75, 3.05) is 0 Å². The minimum Gasteiger partial charge on any atom is -1.00 e. The van der Waals surface area contributed by atoms with Crippen LogP contribution in [0.15, 0.2) is 33.5 Å². The Balaban J connectivity index is -0.000000216. The van der Waals surface area contributed by atoms with Crippen molar-refractivity contribution in [3.05, 3.63) is 45.7 Å². The molecule has 15 heavy (non-hydrogen) atoms. The van der Waals surface area contributed by atoms with Gasteiger partial charge in [0.1, 0.15) is 0 Å². The van der Waals surface area contributed by atoms with E-state index in [2.05, 4.69) is 43.8 Å². The van der Waals surface area contributed by atoms with Crippen LogP contribution < -0.4 is 0 Å². The van der Waals surface area contributed by atoms with Gasteiger partial charge in [0.25, 0.3) is 0 Å². The van der Waals surface area contributed by atoms with Crippen molar-refractivity contribution in [3.8, 4) is 0 Å². The summed E-state index contributed by atoms with van der Waals surface area (Å²) < 4.78 is 8.88. The monoisotopic (exact) mass is 564 g/mol. The summed E-state index contributed by atoms with van der Waals surface area (Å²) in [5, 5.41) is 0. The summed E-state index contributed by atoms with van der Waals surface area (Å²) in [6.45, 7) is 0. The van der Waals surface area contributed by atoms with Crippen LogP contribution in [-0.4, -0.2) is 21.2 Å². The molecule has 0 nitrogen and oxygen atoms in total. The van der Waals surface area contributed by atoms with Gasteiger partial charge in [0.15, 0.2) is 0 Å². The molecule has 0 aromatic rings. The van der Waals surface area contributed by atoms with E-state index in [4.69, 9.17) is 0 Å². The Bertz CT molecular complexity index is 289. The summed E-state index contributed by atoms with van der Waals surface area (Å²) >= 11 is -1.79. The molecule has 0 saturated carbocycles. The van der Waals surface area contributed by atoms with Crippen LogP contribution in [0.5, 0.6) is 0 Å². The zero-order valence-corrected chi connectivity index (χ0v) is 17.3. The van der Waals surface area contributed by atoms with E-state index in [1.54, 1.807) is 3.13 Å². The minimum absolute atomic E-state index is 0. The number of hydrogen-bond acceptors (Lipinski definition) is 0. The van der Waals surface area contributed by atoms with Crippen LogP contribution in [0, 0.1) is 12.2 Å². The summed E-state index contributed by atoms with van der Waals surface area (Å²) in [4.78, 5) is 0. The van der Waals surface area contributed by atoms with Crippen LogP contribution >= 0.6 is 0 Å². The summed E-state index contributed by atoms with van der Waals surface area (Å²) in [5.41, 5.74) is 0. The van der Waals surface area contributed by atoms with Crippen LogP contribution in [0.1, 0.15) is 15.7 Å². The van der Waals surface area contributed by atoms with Crippen molar-refractivity contribution in [3.63, 3.8) is 0 Å². The van der Waals surface area contributed by atoms with E-state index in [0.29, 0.717) is 0 Å². The first kappa shape index (κ1) is 15.8. The maximum Gasteiger partial charge on any atom is 0 e. The van der Waals surface area contributed by atoms with Crippen LogP contribution in [0.2, 0.25) is 13.4 Å². The van der Waals surface area contributed by atoms with E-state index in [9.17, 15) is 0 Å². The second-order valence-corrected chi connectivity index (χ2v) is 24.0. The molecular weight excluding hydrogens is 542 g/mol. The number of rotatable bonds is 1. The SMILES string of the molecule is [C-]1=CC=CC1.[CH3][Pb]([CH3])([CH3])[C]1=[C-]CC=C1.[H-].[H-].[Hf]. The molecule has 0 saturated heterocycles. The van der Waals surface area contributed by atoms with Gasteiger partial charge in [-0.05, 0) is 0 Å². The predicted molar refractivity (Wildman–Crippen MR) is 67.7 cm³/mol. The first-order valence-corrected chi connectivity index (χ1v) is 18.7. The Hall–Kier alpha value is 0.752. The molecule has 2 rings (SSSR count). The van der Waals surface area contributed by atoms with Gasteiger partial charge in [0.05, 0.1) is 0 Å². The van der Waals surface area contributed by atoms with Gasteiger partial charge >= 0.3 is 62.4 Å². The number of hydrogen-bond donors (Lipinski definition) is 0. The molecular formula is C13H20HfPb-4. The molecule has 0 unspecified atom stereocenters. The van der Waals surface area contributed by atoms with Gasteiger partial charge in [0, 0.05) is 25.8 Å². The third kappa shape index (κ3) is 6.82. The fourth-order valence-corrected chi connectivity index (χ4v) is 6.12. The van der Waals surface area contributed by atoms with E-state index in [1.807, 2.05) is 12.2 Å². The molecule has 0 amide bonds. The molecule has 2 aliphatic rings. The first-order chi connectivity index (χ1) is 6.61. The summed E-state index contributed by atoms with van der Waals surface area (Å²) in [7, 11) is 0. The zero-order valence-electron chi connectivity index (χ0n) is 11.8. The molecule has 0 atom stereocenters. The van der Waals surface area contributed by atoms with Crippen molar-refractivity contribution in [1.82, 2.24) is 0 Å². The smallest absolute Gasteiger partial charge is 0 e. The summed E-state index contributed by atoms with van der Waals surface area (Å²) in [6.07, 6.45) is 18.9. The molecule has 84 valence electrons. The van der Waals surface area contributed by atoms with Crippen molar-refractivity contribution >= 4 is 21.2 Å². The van der Waals surface area contributed by atoms with Crippen LogP contribution in [0.4, 0.5) is 0 Å². The van der Waals surface area contributed by atoms with E-state index < -0.39 is 21.2 Å². The molecule has 0 aromatic heterocycles. The fraction of sp³-hybridized carbons (Fsp3) is 0.385. The van der Waals surface area contributed by atoms with Crippen LogP contribution in [0.25, 0.3) is 0 Å². The van der Waals surface area contributed by atoms with Gasteiger partial charge in [-0.1, -0.05) is 0 Å². The van der Waals surface area contributed by atoms with Crippen molar-refractivity contribution in [1.29, 1.82) is 0 Å². The Morgan fingerprint density at radius 2 is 1.93 bits per heavy atom. The van der Waals surface area contributed by atoms with Gasteiger partial charge < -0.3 is 2.85 Å². The molecule has 0 heterocycles. The normalized spacial score (nSPS) is 16.9. The summed E-state index contributed by atoms with van der Waals surface area (Å²) in [5.74, 6) is 0. The van der Waals surface area contributed by atoms with E-state index in [-0.39, 0.29) is 28.7 Å². The topological polar surface area (TPSA) is 0 Å². The minimum atomic E-state index is -1.79. The molecule has 0 bridgehead atoms. The van der Waals surface area contributed by atoms with Gasteiger partial charge in [-0.2, -0.15) is 6.08 Å². The van der Waals surface area contributed by atoms with Crippen molar-refractivity contribution in [2.24, 2.45) is 0 Å². The predicted octanol–water partition coefficient (Wildman–Crippen LogP) is 4.08. The maximum atomic E-state index is 3.40. The molecule has 0 aromatic carbocycles. The molecule has 0 spiro atoms. The molecule has 0 radical (unpaired) electrons. The molecule has 0 fully saturated rings. The fourth-order valence-electron chi connectivity index (χ4n) is 1.26. The maximum absolute atomic E-state index is 3.40. The second kappa shape index (κ2) is 7.93. The first-order valence-electron chi connectivity index (χ1n) is 5.10. The van der Waals surface area contributed by atoms with Gasteiger partial charge in [0.2, 0.25) is 0 Å². The van der Waals surface area contributed by atoms with Crippen molar-refractivity contribution < 1.29 is 28.7 Å². The van der Waals surface area contributed by atoms with Gasteiger partial charge in [-0.15, -0.1) is 6.42 Å². The van der Waals surface area contributed by atoms with E-state index >= 15 is 0 Å². The Kier molecular flexibility index (Phi) is 8.33. The Morgan fingerprint density at radius 3 is 2.13 bits per heavy atom. The third-order valence-electron chi connectivity index (χ3n) is 2.09. The third-order valence-corrected chi connectivity index (χ3v) is 9.71.